The molecule has 7 nitrogen and oxygen atoms in total. The van der Waals surface area contributed by atoms with Crippen LogP contribution in [0.1, 0.15) is 5.56 Å². The van der Waals surface area contributed by atoms with E-state index in [1.165, 1.54) is 5.69 Å². The molecular weight excluding hydrogens is 477 g/mol. The van der Waals surface area contributed by atoms with Crippen molar-refractivity contribution in [2.45, 2.75) is 6.54 Å². The first-order chi connectivity index (χ1) is 13.8. The topological polar surface area (TPSA) is 61.6 Å². The van der Waals surface area contributed by atoms with Gasteiger partial charge >= 0.3 is 0 Å². The molecule has 3 aromatic rings. The van der Waals surface area contributed by atoms with Crippen molar-refractivity contribution in [1.29, 1.82) is 0 Å². The maximum Gasteiger partial charge on any atom is 0.194 e. The Labute approximate surface area is 188 Å². The molecule has 0 spiro atoms. The second-order valence-corrected chi connectivity index (χ2v) is 6.68. The highest BCUT2D eigenvalue weighted by Gasteiger charge is 2.19. The summed E-state index contributed by atoms with van der Waals surface area (Å²) in [7, 11) is 1.84. The van der Waals surface area contributed by atoms with Crippen molar-refractivity contribution in [2.24, 2.45) is 4.99 Å². The van der Waals surface area contributed by atoms with Crippen LogP contribution in [0.5, 0.6) is 0 Å². The molecule has 1 N–H and O–H groups in total. The fraction of sp³-hybridized carbons (Fsp3) is 0.286. The number of piperazine rings is 1. The number of aromatic nitrogens is 3. The van der Waals surface area contributed by atoms with Crippen LogP contribution in [0.4, 0.5) is 5.69 Å². The minimum Gasteiger partial charge on any atom is -0.368 e. The molecule has 1 aliphatic rings. The van der Waals surface area contributed by atoms with Crippen LogP contribution in [0.3, 0.4) is 0 Å². The van der Waals surface area contributed by atoms with E-state index >= 15 is 0 Å². The summed E-state index contributed by atoms with van der Waals surface area (Å²) in [6.45, 7) is 4.57. The second kappa shape index (κ2) is 10.2. The number of rotatable bonds is 4. The van der Waals surface area contributed by atoms with Crippen LogP contribution in [0.25, 0.3) is 5.82 Å². The summed E-state index contributed by atoms with van der Waals surface area (Å²) in [5, 5.41) is 7.72. The van der Waals surface area contributed by atoms with Gasteiger partial charge in [-0.25, -0.2) is 9.67 Å². The zero-order chi connectivity index (χ0) is 19.2. The third-order valence-electron chi connectivity index (χ3n) is 4.91. The Bertz CT molecular complexity index is 904. The van der Waals surface area contributed by atoms with E-state index < -0.39 is 0 Å². The van der Waals surface area contributed by atoms with Gasteiger partial charge in [-0.1, -0.05) is 18.2 Å². The molecule has 0 unspecified atom stereocenters. The summed E-state index contributed by atoms with van der Waals surface area (Å²) in [5.74, 6) is 1.75. The molecule has 0 atom stereocenters. The average Bonchev–Trinajstić information content (AvgIpc) is 3.31. The lowest BCUT2D eigenvalue weighted by Crippen LogP contribution is -2.52. The Balaban J connectivity index is 0.00000240. The lowest BCUT2D eigenvalue weighted by molar-refractivity contribution is 0.372. The van der Waals surface area contributed by atoms with Crippen LogP contribution < -0.4 is 10.2 Å². The molecule has 1 saturated heterocycles. The number of pyridine rings is 1. The van der Waals surface area contributed by atoms with Crippen molar-refractivity contribution < 1.29 is 0 Å². The Hall–Kier alpha value is -2.62. The maximum absolute atomic E-state index is 4.48. The Morgan fingerprint density at radius 1 is 1.03 bits per heavy atom. The van der Waals surface area contributed by atoms with Gasteiger partial charge in [0.1, 0.15) is 0 Å². The largest absolute Gasteiger partial charge is 0.368 e. The number of hydrogen-bond donors (Lipinski definition) is 1. The Morgan fingerprint density at radius 3 is 2.52 bits per heavy atom. The van der Waals surface area contributed by atoms with Gasteiger partial charge in [-0.15, -0.1) is 24.0 Å². The first-order valence-electron chi connectivity index (χ1n) is 9.54. The van der Waals surface area contributed by atoms with E-state index in [-0.39, 0.29) is 24.0 Å². The zero-order valence-corrected chi connectivity index (χ0v) is 18.8. The van der Waals surface area contributed by atoms with Gasteiger partial charge in [0.05, 0.1) is 0 Å². The molecule has 0 radical (unpaired) electrons. The van der Waals surface area contributed by atoms with Crippen LogP contribution in [-0.2, 0) is 6.54 Å². The second-order valence-electron chi connectivity index (χ2n) is 6.68. The van der Waals surface area contributed by atoms with E-state index in [4.69, 9.17) is 0 Å². The lowest BCUT2D eigenvalue weighted by atomic mass is 10.2. The first kappa shape index (κ1) is 21.1. The molecular formula is C21H26IN7. The minimum absolute atomic E-state index is 0. The summed E-state index contributed by atoms with van der Waals surface area (Å²) >= 11 is 0. The van der Waals surface area contributed by atoms with Crippen molar-refractivity contribution >= 4 is 35.6 Å². The predicted molar refractivity (Wildman–Crippen MR) is 127 cm³/mol. The fourth-order valence-electron chi connectivity index (χ4n) is 3.43. The van der Waals surface area contributed by atoms with Gasteiger partial charge in [-0.05, 0) is 35.9 Å². The number of guanidine groups is 1. The van der Waals surface area contributed by atoms with Crippen LogP contribution in [-0.4, -0.2) is 58.9 Å². The van der Waals surface area contributed by atoms with Gasteiger partial charge in [0.15, 0.2) is 11.8 Å². The van der Waals surface area contributed by atoms with E-state index in [9.17, 15) is 0 Å². The maximum atomic E-state index is 4.48. The number of benzene rings is 1. The normalized spacial score (nSPS) is 14.4. The molecule has 0 amide bonds. The van der Waals surface area contributed by atoms with Crippen molar-refractivity contribution in [3.05, 3.63) is 72.7 Å². The molecule has 1 fully saturated rings. The summed E-state index contributed by atoms with van der Waals surface area (Å²) in [4.78, 5) is 13.6. The molecule has 1 aromatic carbocycles. The number of hydrogen-bond acceptors (Lipinski definition) is 4. The number of nitrogens with zero attached hydrogens (tertiary/aromatic N) is 6. The summed E-state index contributed by atoms with van der Waals surface area (Å²) in [5.41, 5.74) is 2.43. The monoisotopic (exact) mass is 503 g/mol. The lowest BCUT2D eigenvalue weighted by Gasteiger charge is -2.37. The van der Waals surface area contributed by atoms with Crippen molar-refractivity contribution in [3.8, 4) is 5.82 Å². The SMILES string of the molecule is CN=C(NCc1ccnc(-n2cccn2)c1)N1CCN(c2ccccc2)CC1.I. The smallest absolute Gasteiger partial charge is 0.194 e. The van der Waals surface area contributed by atoms with E-state index in [1.54, 1.807) is 10.9 Å². The molecule has 8 heteroatoms. The first-order valence-corrected chi connectivity index (χ1v) is 9.54. The third kappa shape index (κ3) is 5.26. The molecule has 1 aliphatic heterocycles. The number of nitrogens with one attached hydrogen (secondary N) is 1. The molecule has 4 rings (SSSR count). The van der Waals surface area contributed by atoms with E-state index in [1.807, 2.05) is 37.6 Å². The average molecular weight is 503 g/mol. The Morgan fingerprint density at radius 2 is 1.83 bits per heavy atom. The summed E-state index contributed by atoms with van der Waals surface area (Å²) < 4.78 is 1.77. The number of anilines is 1. The fourth-order valence-corrected chi connectivity index (χ4v) is 3.43. The van der Waals surface area contributed by atoms with Gasteiger partial charge in [0, 0.05) is 64.0 Å². The van der Waals surface area contributed by atoms with Gasteiger partial charge < -0.3 is 15.1 Å². The van der Waals surface area contributed by atoms with E-state index in [0.29, 0.717) is 6.54 Å². The standard InChI is InChI=1S/C21H25N7.HI/c1-22-21(27-14-12-26(13-15-27)19-6-3-2-4-7-19)24-17-18-8-10-23-20(16-18)28-11-5-9-25-28;/h2-11,16H,12-15,17H2,1H3,(H,22,24);1H. The highest BCUT2D eigenvalue weighted by Crippen LogP contribution is 2.15. The Kier molecular flexibility index (Phi) is 7.45. The molecule has 152 valence electrons. The highest BCUT2D eigenvalue weighted by atomic mass is 127. The number of halogens is 1. The zero-order valence-electron chi connectivity index (χ0n) is 16.5. The van der Waals surface area contributed by atoms with Crippen molar-refractivity contribution in [1.82, 2.24) is 25.0 Å². The molecule has 0 saturated carbocycles. The molecule has 3 heterocycles. The van der Waals surface area contributed by atoms with E-state index in [0.717, 1.165) is 43.5 Å². The summed E-state index contributed by atoms with van der Waals surface area (Å²) in [6, 6.07) is 16.5. The molecule has 2 aromatic heterocycles. The quantitative estimate of drug-likeness (QED) is 0.337. The highest BCUT2D eigenvalue weighted by molar-refractivity contribution is 14.0. The van der Waals surface area contributed by atoms with Gasteiger partial charge in [0.2, 0.25) is 0 Å². The van der Waals surface area contributed by atoms with Crippen molar-refractivity contribution in [2.75, 3.05) is 38.1 Å². The van der Waals surface area contributed by atoms with Crippen LogP contribution in [0.2, 0.25) is 0 Å². The van der Waals surface area contributed by atoms with Crippen LogP contribution in [0, 0.1) is 0 Å². The number of para-hydroxylation sites is 1. The molecule has 29 heavy (non-hydrogen) atoms. The van der Waals surface area contributed by atoms with Gasteiger partial charge in [-0.3, -0.25) is 4.99 Å². The van der Waals surface area contributed by atoms with E-state index in [2.05, 4.69) is 60.5 Å². The van der Waals surface area contributed by atoms with Gasteiger partial charge in [-0.2, -0.15) is 5.10 Å². The van der Waals surface area contributed by atoms with Crippen LogP contribution >= 0.6 is 24.0 Å². The van der Waals surface area contributed by atoms with Crippen molar-refractivity contribution in [3.63, 3.8) is 0 Å². The summed E-state index contributed by atoms with van der Waals surface area (Å²) in [6.07, 6.45) is 5.46. The molecule has 0 aliphatic carbocycles. The predicted octanol–water partition coefficient (Wildman–Crippen LogP) is 2.78. The molecule has 0 bridgehead atoms. The number of aliphatic imine (C=N–C) groups is 1. The minimum atomic E-state index is 0. The van der Waals surface area contributed by atoms with Gasteiger partial charge in [0.25, 0.3) is 0 Å². The van der Waals surface area contributed by atoms with Crippen LogP contribution in [0.15, 0.2) is 72.1 Å². The third-order valence-corrected chi connectivity index (χ3v) is 4.91.